The van der Waals surface area contributed by atoms with Gasteiger partial charge in [0.15, 0.2) is 5.60 Å². The van der Waals surface area contributed by atoms with Gasteiger partial charge in [-0.3, -0.25) is 4.79 Å². The summed E-state index contributed by atoms with van der Waals surface area (Å²) in [4.78, 5) is 20.8. The molecule has 1 unspecified atom stereocenters. The van der Waals surface area contributed by atoms with Crippen LogP contribution in [0.2, 0.25) is 0 Å². The normalized spacial score (nSPS) is 12.5. The van der Waals surface area contributed by atoms with Crippen molar-refractivity contribution < 1.29 is 13.9 Å². The topological polar surface area (TPSA) is 103 Å². The first-order valence-corrected chi connectivity index (χ1v) is 10.8. The lowest BCUT2D eigenvalue weighted by Gasteiger charge is -2.23. The van der Waals surface area contributed by atoms with Crippen LogP contribution < -0.4 is 15.8 Å². The van der Waals surface area contributed by atoms with Crippen molar-refractivity contribution in [3.8, 4) is 17.0 Å². The molecule has 170 valence electrons. The van der Waals surface area contributed by atoms with Crippen LogP contribution in [0.15, 0.2) is 59.2 Å². The summed E-state index contributed by atoms with van der Waals surface area (Å²) in [5.41, 5.74) is 9.10. The first-order chi connectivity index (χ1) is 15.6. The number of anilines is 1. The van der Waals surface area contributed by atoms with Crippen LogP contribution in [-0.2, 0) is 4.79 Å². The van der Waals surface area contributed by atoms with E-state index in [1.807, 2.05) is 63.2 Å². The number of benzene rings is 2. The van der Waals surface area contributed by atoms with E-state index in [0.29, 0.717) is 11.6 Å². The third-order valence-corrected chi connectivity index (χ3v) is 5.59. The van der Waals surface area contributed by atoms with Gasteiger partial charge in [0.2, 0.25) is 0 Å². The van der Waals surface area contributed by atoms with Gasteiger partial charge in [0.25, 0.3) is 5.91 Å². The average Bonchev–Trinajstić information content (AvgIpc) is 3.13. The number of amides is 1. The molecule has 1 amide bonds. The smallest absolute Gasteiger partial charge is 0.261 e. The zero-order chi connectivity index (χ0) is 23.8. The van der Waals surface area contributed by atoms with E-state index < -0.39 is 11.5 Å². The average molecular weight is 445 g/mol. The lowest BCUT2D eigenvalue weighted by Crippen LogP contribution is -2.43. The molecule has 0 saturated carbocycles. The number of nitrogens with zero attached hydrogens (tertiary/aromatic N) is 2. The SMILES string of the molecule is Cc1nc(NC(C)c2cccc(OC(C)(C)C(N)=O)c2)cc(-c2ccc3occ(C)c3c2)n1. The number of rotatable bonds is 7. The molecule has 0 aliphatic rings. The van der Waals surface area contributed by atoms with Crippen LogP contribution in [-0.4, -0.2) is 21.5 Å². The number of carbonyl (C=O) groups is 1. The van der Waals surface area contributed by atoms with Gasteiger partial charge in [-0.1, -0.05) is 12.1 Å². The molecule has 0 aliphatic carbocycles. The first kappa shape index (κ1) is 22.3. The van der Waals surface area contributed by atoms with Gasteiger partial charge in [-0.15, -0.1) is 0 Å². The zero-order valence-corrected chi connectivity index (χ0v) is 19.5. The molecule has 0 radical (unpaired) electrons. The molecular weight excluding hydrogens is 416 g/mol. The number of carbonyl (C=O) groups excluding carboxylic acids is 1. The molecule has 0 spiro atoms. The molecule has 1 atom stereocenters. The number of fused-ring (bicyclic) bond motifs is 1. The highest BCUT2D eigenvalue weighted by Gasteiger charge is 2.27. The van der Waals surface area contributed by atoms with Gasteiger partial charge in [0.05, 0.1) is 18.0 Å². The number of hydrogen-bond donors (Lipinski definition) is 2. The Kier molecular flexibility index (Phi) is 5.80. The number of nitrogens with one attached hydrogen (secondary N) is 1. The quantitative estimate of drug-likeness (QED) is 0.400. The predicted octanol–water partition coefficient (Wildman–Crippen LogP) is 5.32. The third-order valence-electron chi connectivity index (χ3n) is 5.59. The molecular formula is C26H28N4O3. The molecule has 33 heavy (non-hydrogen) atoms. The number of ether oxygens (including phenoxy) is 1. The van der Waals surface area contributed by atoms with Gasteiger partial charge in [0.1, 0.15) is 23.0 Å². The molecule has 4 rings (SSSR count). The van der Waals surface area contributed by atoms with E-state index in [4.69, 9.17) is 14.9 Å². The second kappa shape index (κ2) is 8.58. The fourth-order valence-corrected chi connectivity index (χ4v) is 3.60. The largest absolute Gasteiger partial charge is 0.478 e. The minimum absolute atomic E-state index is 0.0639. The molecule has 2 aromatic heterocycles. The highest BCUT2D eigenvalue weighted by Crippen LogP contribution is 2.29. The summed E-state index contributed by atoms with van der Waals surface area (Å²) in [5.74, 6) is 1.45. The van der Waals surface area contributed by atoms with Crippen molar-refractivity contribution in [3.63, 3.8) is 0 Å². The van der Waals surface area contributed by atoms with Crippen LogP contribution in [0.1, 0.15) is 43.8 Å². The highest BCUT2D eigenvalue weighted by atomic mass is 16.5. The highest BCUT2D eigenvalue weighted by molar-refractivity contribution is 5.86. The van der Waals surface area contributed by atoms with Gasteiger partial charge >= 0.3 is 0 Å². The number of hydrogen-bond acceptors (Lipinski definition) is 6. The van der Waals surface area contributed by atoms with E-state index in [9.17, 15) is 4.79 Å². The third kappa shape index (κ3) is 4.82. The Morgan fingerprint density at radius 3 is 2.67 bits per heavy atom. The van der Waals surface area contributed by atoms with Gasteiger partial charge in [-0.25, -0.2) is 9.97 Å². The zero-order valence-electron chi connectivity index (χ0n) is 19.5. The number of aromatic nitrogens is 2. The van der Waals surface area contributed by atoms with Crippen LogP contribution in [0.25, 0.3) is 22.2 Å². The molecule has 3 N–H and O–H groups in total. The van der Waals surface area contributed by atoms with Crippen LogP contribution in [0.4, 0.5) is 5.82 Å². The second-order valence-corrected chi connectivity index (χ2v) is 8.73. The molecule has 7 heteroatoms. The van der Waals surface area contributed by atoms with E-state index in [1.165, 1.54) is 0 Å². The Morgan fingerprint density at radius 2 is 1.91 bits per heavy atom. The summed E-state index contributed by atoms with van der Waals surface area (Å²) >= 11 is 0. The second-order valence-electron chi connectivity index (χ2n) is 8.73. The summed E-state index contributed by atoms with van der Waals surface area (Å²) in [5, 5.41) is 4.52. The minimum Gasteiger partial charge on any atom is -0.478 e. The van der Waals surface area contributed by atoms with Crippen molar-refractivity contribution in [1.29, 1.82) is 0 Å². The van der Waals surface area contributed by atoms with Crippen molar-refractivity contribution in [2.24, 2.45) is 5.73 Å². The Hall–Kier alpha value is -3.87. The van der Waals surface area contributed by atoms with E-state index >= 15 is 0 Å². The van der Waals surface area contributed by atoms with Crippen LogP contribution in [0, 0.1) is 13.8 Å². The maximum Gasteiger partial charge on any atom is 0.261 e. The van der Waals surface area contributed by atoms with E-state index in [2.05, 4.69) is 21.4 Å². The standard InChI is InChI=1S/C26H28N4O3/c1-15-14-32-23-10-9-19(12-21(15)23)22-13-24(30-17(3)29-22)28-16(2)18-7-6-8-20(11-18)33-26(4,5)25(27)31/h6-14,16H,1-5H3,(H2,27,31)(H,28,29,30). The van der Waals surface area contributed by atoms with Crippen molar-refractivity contribution in [2.75, 3.05) is 5.32 Å². The fourth-order valence-electron chi connectivity index (χ4n) is 3.60. The van der Waals surface area contributed by atoms with Crippen molar-refractivity contribution >= 4 is 22.7 Å². The van der Waals surface area contributed by atoms with Crippen molar-refractivity contribution in [2.45, 2.75) is 46.3 Å². The van der Waals surface area contributed by atoms with Gasteiger partial charge < -0.3 is 20.2 Å². The van der Waals surface area contributed by atoms with E-state index in [1.54, 1.807) is 20.1 Å². The molecule has 0 aliphatic heterocycles. The van der Waals surface area contributed by atoms with Gasteiger partial charge in [-0.2, -0.15) is 0 Å². The summed E-state index contributed by atoms with van der Waals surface area (Å²) in [6.07, 6.45) is 1.76. The Labute approximate surface area is 193 Å². The molecule has 0 bridgehead atoms. The maximum absolute atomic E-state index is 11.6. The summed E-state index contributed by atoms with van der Waals surface area (Å²) in [6.45, 7) is 9.24. The maximum atomic E-state index is 11.6. The molecule has 2 heterocycles. The monoisotopic (exact) mass is 444 g/mol. The van der Waals surface area contributed by atoms with Gasteiger partial charge in [-0.05, 0) is 76.1 Å². The fraction of sp³-hybridized carbons (Fsp3) is 0.269. The number of aryl methyl sites for hydroxylation is 2. The van der Waals surface area contributed by atoms with Crippen LogP contribution in [0.3, 0.4) is 0 Å². The summed E-state index contributed by atoms with van der Waals surface area (Å²) < 4.78 is 11.4. The Morgan fingerprint density at radius 1 is 1.12 bits per heavy atom. The van der Waals surface area contributed by atoms with Crippen LogP contribution in [0.5, 0.6) is 5.75 Å². The lowest BCUT2D eigenvalue weighted by atomic mass is 10.1. The predicted molar refractivity (Wildman–Crippen MR) is 129 cm³/mol. The van der Waals surface area contributed by atoms with Crippen molar-refractivity contribution in [3.05, 3.63) is 71.7 Å². The lowest BCUT2D eigenvalue weighted by molar-refractivity contribution is -0.130. The minimum atomic E-state index is -1.09. The van der Waals surface area contributed by atoms with E-state index in [0.717, 1.165) is 39.2 Å². The molecule has 2 aromatic carbocycles. The number of primary amides is 1. The molecule has 0 fully saturated rings. The molecule has 4 aromatic rings. The molecule has 7 nitrogen and oxygen atoms in total. The summed E-state index contributed by atoms with van der Waals surface area (Å²) in [7, 11) is 0. The summed E-state index contributed by atoms with van der Waals surface area (Å²) in [6, 6.07) is 15.5. The van der Waals surface area contributed by atoms with E-state index in [-0.39, 0.29) is 6.04 Å². The number of furan rings is 1. The van der Waals surface area contributed by atoms with Crippen molar-refractivity contribution in [1.82, 2.24) is 9.97 Å². The van der Waals surface area contributed by atoms with Crippen LogP contribution >= 0.6 is 0 Å². The molecule has 0 saturated heterocycles. The Bertz CT molecular complexity index is 1330. The van der Waals surface area contributed by atoms with Gasteiger partial charge in [0, 0.05) is 17.0 Å². The first-order valence-electron chi connectivity index (χ1n) is 10.8. The Balaban J connectivity index is 1.58. The number of nitrogens with two attached hydrogens (primary N) is 1.